The molecule has 2 amide bonds. The summed E-state index contributed by atoms with van der Waals surface area (Å²) in [5, 5.41) is 14.5. The summed E-state index contributed by atoms with van der Waals surface area (Å²) < 4.78 is 11.1. The summed E-state index contributed by atoms with van der Waals surface area (Å²) in [6, 6.07) is 15.6. The molecule has 3 atom stereocenters. The highest BCUT2D eigenvalue weighted by molar-refractivity contribution is 5.83. The predicted molar refractivity (Wildman–Crippen MR) is 121 cm³/mol. The molecule has 1 aliphatic heterocycles. The lowest BCUT2D eigenvalue weighted by Gasteiger charge is -2.21. The smallest absolute Gasteiger partial charge is 0.407 e. The van der Waals surface area contributed by atoms with Crippen LogP contribution in [0.25, 0.3) is 11.1 Å². The molecule has 1 heterocycles. The molecule has 1 unspecified atom stereocenters. The van der Waals surface area contributed by atoms with Crippen molar-refractivity contribution in [3.8, 4) is 11.1 Å². The van der Waals surface area contributed by atoms with Crippen molar-refractivity contribution in [1.29, 1.82) is 0 Å². The van der Waals surface area contributed by atoms with Gasteiger partial charge in [0.05, 0.1) is 12.0 Å². The Morgan fingerprint density at radius 2 is 1.73 bits per heavy atom. The van der Waals surface area contributed by atoms with Gasteiger partial charge in [0.1, 0.15) is 6.61 Å². The second-order valence-corrected chi connectivity index (χ2v) is 8.35. The third kappa shape index (κ3) is 4.85. The van der Waals surface area contributed by atoms with Crippen LogP contribution in [-0.4, -0.2) is 55.0 Å². The molecule has 2 aromatic rings. The average Bonchev–Trinajstić information content (AvgIpc) is 3.40. The fourth-order valence-corrected chi connectivity index (χ4v) is 4.52. The van der Waals surface area contributed by atoms with Gasteiger partial charge in [0, 0.05) is 19.1 Å². The molecule has 1 fully saturated rings. The number of ether oxygens (including phenoxy) is 2. The van der Waals surface area contributed by atoms with Crippen molar-refractivity contribution in [2.24, 2.45) is 5.92 Å². The Morgan fingerprint density at radius 3 is 2.33 bits per heavy atom. The van der Waals surface area contributed by atoms with Crippen molar-refractivity contribution in [3.05, 3.63) is 59.7 Å². The van der Waals surface area contributed by atoms with Gasteiger partial charge in [0.2, 0.25) is 0 Å². The van der Waals surface area contributed by atoms with E-state index in [-0.39, 0.29) is 19.1 Å². The Morgan fingerprint density at radius 1 is 1.09 bits per heavy atom. The second-order valence-electron chi connectivity index (χ2n) is 8.35. The predicted octanol–water partition coefficient (Wildman–Crippen LogP) is 2.91. The third-order valence-electron chi connectivity index (χ3n) is 6.36. The standard InChI is InChI=1S/C25H28N2O6/c1-2-15(24(29)30)13-26-23(28)22-21(11-12-32-22)27-25(31)33-14-20-18-9-5-3-7-16(18)17-8-4-6-10-19(17)20/h3-10,15,20-22H,2,11-14H2,1H3,(H,26,28)(H,27,31)(H,29,30)/t15?,21-,22+/m0/s1. The van der Waals surface area contributed by atoms with Crippen LogP contribution in [-0.2, 0) is 19.1 Å². The molecular weight excluding hydrogens is 424 g/mol. The molecule has 33 heavy (non-hydrogen) atoms. The van der Waals surface area contributed by atoms with Gasteiger partial charge >= 0.3 is 12.1 Å². The summed E-state index contributed by atoms with van der Waals surface area (Å²) >= 11 is 0. The Balaban J connectivity index is 1.33. The second kappa shape index (κ2) is 10.0. The lowest BCUT2D eigenvalue weighted by molar-refractivity contribution is -0.142. The average molecular weight is 453 g/mol. The van der Waals surface area contributed by atoms with E-state index in [2.05, 4.69) is 22.8 Å². The molecule has 3 N–H and O–H groups in total. The molecule has 0 saturated carbocycles. The van der Waals surface area contributed by atoms with Crippen molar-refractivity contribution in [3.63, 3.8) is 0 Å². The molecule has 0 spiro atoms. The maximum absolute atomic E-state index is 12.6. The van der Waals surface area contributed by atoms with E-state index in [0.717, 1.165) is 22.3 Å². The number of rotatable bonds is 8. The van der Waals surface area contributed by atoms with E-state index in [4.69, 9.17) is 14.6 Å². The fourth-order valence-electron chi connectivity index (χ4n) is 4.52. The highest BCUT2D eigenvalue weighted by Crippen LogP contribution is 2.44. The molecule has 0 radical (unpaired) electrons. The van der Waals surface area contributed by atoms with Crippen molar-refractivity contribution >= 4 is 18.0 Å². The zero-order valence-corrected chi connectivity index (χ0v) is 18.5. The number of fused-ring (bicyclic) bond motifs is 3. The normalized spacial score (nSPS) is 19.9. The lowest BCUT2D eigenvalue weighted by Crippen LogP contribution is -2.49. The third-order valence-corrected chi connectivity index (χ3v) is 6.36. The first kappa shape index (κ1) is 22.8. The lowest BCUT2D eigenvalue weighted by atomic mass is 9.98. The van der Waals surface area contributed by atoms with Crippen LogP contribution in [0.2, 0.25) is 0 Å². The van der Waals surface area contributed by atoms with Gasteiger partial charge in [0.25, 0.3) is 5.91 Å². The monoisotopic (exact) mass is 452 g/mol. The molecule has 1 saturated heterocycles. The van der Waals surface area contributed by atoms with Gasteiger partial charge in [-0.3, -0.25) is 9.59 Å². The molecule has 174 valence electrons. The Labute approximate surface area is 192 Å². The van der Waals surface area contributed by atoms with Gasteiger partial charge in [-0.1, -0.05) is 55.5 Å². The van der Waals surface area contributed by atoms with Crippen molar-refractivity contribution < 1.29 is 29.0 Å². The molecule has 2 aliphatic rings. The fraction of sp³-hybridized carbons (Fsp3) is 0.400. The van der Waals surface area contributed by atoms with E-state index >= 15 is 0 Å². The number of carbonyl (C=O) groups excluding carboxylic acids is 2. The first-order valence-electron chi connectivity index (χ1n) is 11.2. The van der Waals surface area contributed by atoms with Crippen molar-refractivity contribution in [1.82, 2.24) is 10.6 Å². The van der Waals surface area contributed by atoms with Crippen molar-refractivity contribution in [2.45, 2.75) is 37.8 Å². The minimum Gasteiger partial charge on any atom is -0.481 e. The number of carbonyl (C=O) groups is 3. The topological polar surface area (TPSA) is 114 Å². The molecule has 1 aliphatic carbocycles. The number of benzene rings is 2. The van der Waals surface area contributed by atoms with Crippen LogP contribution in [0.1, 0.15) is 36.8 Å². The zero-order valence-electron chi connectivity index (χ0n) is 18.5. The van der Waals surface area contributed by atoms with E-state index in [1.165, 1.54) is 0 Å². The van der Waals surface area contributed by atoms with Crippen molar-refractivity contribution in [2.75, 3.05) is 19.8 Å². The highest BCUT2D eigenvalue weighted by atomic mass is 16.6. The van der Waals surface area contributed by atoms with E-state index in [0.29, 0.717) is 19.4 Å². The summed E-state index contributed by atoms with van der Waals surface area (Å²) in [6.45, 7) is 2.27. The maximum Gasteiger partial charge on any atom is 0.407 e. The summed E-state index contributed by atoms with van der Waals surface area (Å²) in [6.07, 6.45) is -0.611. The summed E-state index contributed by atoms with van der Waals surface area (Å²) in [7, 11) is 0. The number of nitrogens with one attached hydrogen (secondary N) is 2. The largest absolute Gasteiger partial charge is 0.481 e. The zero-order chi connectivity index (χ0) is 23.4. The molecule has 8 nitrogen and oxygen atoms in total. The Hall–Kier alpha value is -3.39. The molecular formula is C25H28N2O6. The van der Waals surface area contributed by atoms with Gasteiger partial charge in [0.15, 0.2) is 6.10 Å². The number of aliphatic carboxylic acids is 1. The van der Waals surface area contributed by atoms with E-state index in [1.807, 2.05) is 36.4 Å². The van der Waals surface area contributed by atoms with Gasteiger partial charge in [-0.05, 0) is 35.1 Å². The van der Waals surface area contributed by atoms with Crippen LogP contribution in [0, 0.1) is 5.92 Å². The summed E-state index contributed by atoms with van der Waals surface area (Å²) in [5.74, 6) is -2.11. The first-order valence-corrected chi connectivity index (χ1v) is 11.2. The van der Waals surface area contributed by atoms with Gasteiger partial charge < -0.3 is 25.2 Å². The van der Waals surface area contributed by atoms with Gasteiger partial charge in [-0.25, -0.2) is 4.79 Å². The van der Waals surface area contributed by atoms with E-state index in [9.17, 15) is 14.4 Å². The van der Waals surface area contributed by atoms with Crippen LogP contribution in [0.15, 0.2) is 48.5 Å². The Bertz CT molecular complexity index is 994. The molecule has 8 heteroatoms. The van der Waals surface area contributed by atoms with Crippen LogP contribution in [0.4, 0.5) is 4.79 Å². The summed E-state index contributed by atoms with van der Waals surface area (Å²) in [4.78, 5) is 36.2. The number of hydrogen-bond acceptors (Lipinski definition) is 5. The van der Waals surface area contributed by atoms with Crippen LogP contribution in [0.3, 0.4) is 0 Å². The number of carboxylic acid groups (broad SMARTS) is 1. The van der Waals surface area contributed by atoms with Crippen LogP contribution in [0.5, 0.6) is 0 Å². The number of hydrogen-bond donors (Lipinski definition) is 3. The van der Waals surface area contributed by atoms with E-state index in [1.54, 1.807) is 6.92 Å². The number of carboxylic acids is 1. The SMILES string of the molecule is CCC(CNC(=O)[C@@H]1OCC[C@@H]1NC(=O)OCC1c2ccccc2-c2ccccc21)C(=O)O. The minimum atomic E-state index is -0.960. The molecule has 0 bridgehead atoms. The number of alkyl carbamates (subject to hydrolysis) is 1. The summed E-state index contributed by atoms with van der Waals surface area (Å²) in [5.41, 5.74) is 4.54. The van der Waals surface area contributed by atoms with Gasteiger partial charge in [-0.15, -0.1) is 0 Å². The Kier molecular flexibility index (Phi) is 6.93. The van der Waals surface area contributed by atoms with Gasteiger partial charge in [-0.2, -0.15) is 0 Å². The first-order chi connectivity index (χ1) is 16.0. The quantitative estimate of drug-likeness (QED) is 0.568. The molecule has 2 aromatic carbocycles. The highest BCUT2D eigenvalue weighted by Gasteiger charge is 2.36. The molecule has 0 aromatic heterocycles. The van der Waals surface area contributed by atoms with Crippen LogP contribution < -0.4 is 10.6 Å². The number of amides is 2. The minimum absolute atomic E-state index is 0.0161. The molecule has 4 rings (SSSR count). The maximum atomic E-state index is 12.6. The van der Waals surface area contributed by atoms with Crippen LogP contribution >= 0.6 is 0 Å². The van der Waals surface area contributed by atoms with E-state index < -0.39 is 36.0 Å².